The molecule has 0 atom stereocenters. The molecule has 0 saturated heterocycles. The number of aryl methyl sites for hydroxylation is 1. The van der Waals surface area contributed by atoms with Gasteiger partial charge in [-0.05, 0) is 38.2 Å². The Morgan fingerprint density at radius 1 is 1.35 bits per heavy atom. The largest absolute Gasteiger partial charge is 0.373 e. The average molecular weight is 295 g/mol. The topological polar surface area (TPSA) is 54.0 Å². The maximum Gasteiger partial charge on any atom is 0.251 e. The fourth-order valence-corrected chi connectivity index (χ4v) is 2.93. The Kier molecular flexibility index (Phi) is 6.33. The van der Waals surface area contributed by atoms with E-state index < -0.39 is 0 Å². The molecule has 0 fully saturated rings. The SMILES string of the molecule is CCC(CC)(CNC(=O)c1cc(C)nc(NC)c1)SC. The van der Waals surface area contributed by atoms with Gasteiger partial charge in [0.1, 0.15) is 5.82 Å². The molecular weight excluding hydrogens is 270 g/mol. The summed E-state index contributed by atoms with van der Waals surface area (Å²) in [6, 6.07) is 3.59. The van der Waals surface area contributed by atoms with E-state index in [-0.39, 0.29) is 10.7 Å². The zero-order valence-electron chi connectivity index (χ0n) is 13.0. The van der Waals surface area contributed by atoms with Gasteiger partial charge >= 0.3 is 0 Å². The summed E-state index contributed by atoms with van der Waals surface area (Å²) in [7, 11) is 1.80. The summed E-state index contributed by atoms with van der Waals surface area (Å²) in [6.07, 6.45) is 4.19. The maximum atomic E-state index is 12.3. The number of hydrogen-bond donors (Lipinski definition) is 2. The van der Waals surface area contributed by atoms with Gasteiger partial charge in [-0.15, -0.1) is 0 Å². The van der Waals surface area contributed by atoms with E-state index in [9.17, 15) is 4.79 Å². The number of aromatic nitrogens is 1. The van der Waals surface area contributed by atoms with Crippen LogP contribution in [-0.4, -0.2) is 35.5 Å². The molecule has 1 aromatic rings. The molecule has 5 heteroatoms. The molecule has 1 rings (SSSR count). The van der Waals surface area contributed by atoms with Crippen LogP contribution >= 0.6 is 11.8 Å². The van der Waals surface area contributed by atoms with E-state index in [0.717, 1.165) is 24.4 Å². The molecule has 20 heavy (non-hydrogen) atoms. The highest BCUT2D eigenvalue weighted by Gasteiger charge is 2.25. The van der Waals surface area contributed by atoms with Gasteiger partial charge in [0.25, 0.3) is 5.91 Å². The summed E-state index contributed by atoms with van der Waals surface area (Å²) in [6.45, 7) is 6.92. The van der Waals surface area contributed by atoms with Gasteiger partial charge in [0.15, 0.2) is 0 Å². The van der Waals surface area contributed by atoms with Gasteiger partial charge in [0.05, 0.1) is 0 Å². The number of carbonyl (C=O) groups is 1. The van der Waals surface area contributed by atoms with Crippen molar-refractivity contribution in [3.8, 4) is 0 Å². The minimum Gasteiger partial charge on any atom is -0.373 e. The van der Waals surface area contributed by atoms with Crippen LogP contribution in [-0.2, 0) is 0 Å². The van der Waals surface area contributed by atoms with Gasteiger partial charge < -0.3 is 10.6 Å². The van der Waals surface area contributed by atoms with Gasteiger partial charge in [-0.1, -0.05) is 13.8 Å². The number of nitrogens with one attached hydrogen (secondary N) is 2. The highest BCUT2D eigenvalue weighted by Crippen LogP contribution is 2.29. The third-order valence-corrected chi connectivity index (χ3v) is 5.35. The molecule has 0 saturated carbocycles. The minimum atomic E-state index is -0.0349. The molecule has 0 aliphatic heterocycles. The lowest BCUT2D eigenvalue weighted by Gasteiger charge is -2.29. The quantitative estimate of drug-likeness (QED) is 0.811. The Morgan fingerprint density at radius 3 is 2.50 bits per heavy atom. The second-order valence-electron chi connectivity index (χ2n) is 4.91. The lowest BCUT2D eigenvalue weighted by Crippen LogP contribution is -2.39. The first-order valence-electron chi connectivity index (χ1n) is 7.00. The Hall–Kier alpha value is -1.23. The first-order chi connectivity index (χ1) is 9.50. The Bertz CT molecular complexity index is 450. The average Bonchev–Trinajstić information content (AvgIpc) is 2.48. The smallest absolute Gasteiger partial charge is 0.251 e. The second kappa shape index (κ2) is 7.53. The zero-order chi connectivity index (χ0) is 15.2. The summed E-state index contributed by atoms with van der Waals surface area (Å²) < 4.78 is 0.129. The summed E-state index contributed by atoms with van der Waals surface area (Å²) >= 11 is 1.83. The molecular formula is C15H25N3OS. The minimum absolute atomic E-state index is 0.0349. The molecule has 1 aromatic heterocycles. The lowest BCUT2D eigenvalue weighted by molar-refractivity contribution is 0.0948. The monoisotopic (exact) mass is 295 g/mol. The van der Waals surface area contributed by atoms with Gasteiger partial charge in [-0.25, -0.2) is 4.98 Å². The van der Waals surface area contributed by atoms with Crippen LogP contribution in [0.1, 0.15) is 42.7 Å². The Balaban J connectivity index is 2.79. The molecule has 0 spiro atoms. The standard InChI is InChI=1S/C15H25N3OS/c1-6-15(7-2,20-5)10-17-14(19)12-8-11(3)18-13(9-12)16-4/h8-9H,6-7,10H2,1-5H3,(H,16,18)(H,17,19). The number of amides is 1. The third kappa shape index (κ3) is 4.13. The van der Waals surface area contributed by atoms with Crippen LogP contribution in [0.25, 0.3) is 0 Å². The molecule has 2 N–H and O–H groups in total. The van der Waals surface area contributed by atoms with Crippen molar-refractivity contribution in [3.05, 3.63) is 23.4 Å². The first kappa shape index (κ1) is 16.8. The molecule has 112 valence electrons. The second-order valence-corrected chi connectivity index (χ2v) is 6.18. The lowest BCUT2D eigenvalue weighted by atomic mass is 10.0. The van der Waals surface area contributed by atoms with Crippen molar-refractivity contribution in [1.82, 2.24) is 10.3 Å². The summed E-state index contributed by atoms with van der Waals surface area (Å²) in [4.78, 5) is 16.6. The molecule has 0 aromatic carbocycles. The third-order valence-electron chi connectivity index (χ3n) is 3.76. The Labute approximate surface area is 126 Å². The van der Waals surface area contributed by atoms with Crippen LogP contribution in [0.15, 0.2) is 12.1 Å². The van der Waals surface area contributed by atoms with Crippen molar-refractivity contribution < 1.29 is 4.79 Å². The number of nitrogens with zero attached hydrogens (tertiary/aromatic N) is 1. The highest BCUT2D eigenvalue weighted by atomic mass is 32.2. The molecule has 0 aliphatic carbocycles. The summed E-state index contributed by atoms with van der Waals surface area (Å²) in [5.74, 6) is 0.685. The van der Waals surface area contributed by atoms with Crippen LogP contribution in [0.5, 0.6) is 0 Å². The number of rotatable bonds is 7. The predicted molar refractivity (Wildman–Crippen MR) is 87.7 cm³/mol. The van der Waals surface area contributed by atoms with E-state index in [2.05, 4.69) is 35.7 Å². The number of carbonyl (C=O) groups excluding carboxylic acids is 1. The maximum absolute atomic E-state index is 12.3. The summed E-state index contributed by atoms with van der Waals surface area (Å²) in [5, 5.41) is 6.03. The van der Waals surface area contributed by atoms with E-state index in [1.54, 1.807) is 13.1 Å². The molecule has 0 bridgehead atoms. The normalized spacial score (nSPS) is 11.2. The molecule has 4 nitrogen and oxygen atoms in total. The van der Waals surface area contributed by atoms with Crippen LogP contribution < -0.4 is 10.6 Å². The highest BCUT2D eigenvalue weighted by molar-refractivity contribution is 8.00. The number of anilines is 1. The van der Waals surface area contributed by atoms with Gasteiger partial charge in [0, 0.05) is 29.6 Å². The van der Waals surface area contributed by atoms with Crippen molar-refractivity contribution >= 4 is 23.5 Å². The van der Waals surface area contributed by atoms with Gasteiger partial charge in [0.2, 0.25) is 0 Å². The van der Waals surface area contributed by atoms with Crippen molar-refractivity contribution in [3.63, 3.8) is 0 Å². The van der Waals surface area contributed by atoms with E-state index in [0.29, 0.717) is 12.1 Å². The molecule has 0 aliphatic rings. The number of pyridine rings is 1. The van der Waals surface area contributed by atoms with E-state index in [1.807, 2.05) is 24.8 Å². The van der Waals surface area contributed by atoms with E-state index in [4.69, 9.17) is 0 Å². The van der Waals surface area contributed by atoms with Crippen molar-refractivity contribution in [1.29, 1.82) is 0 Å². The molecule has 1 heterocycles. The van der Waals surface area contributed by atoms with Crippen molar-refractivity contribution in [2.75, 3.05) is 25.2 Å². The van der Waals surface area contributed by atoms with Crippen molar-refractivity contribution in [2.24, 2.45) is 0 Å². The molecule has 0 radical (unpaired) electrons. The molecule has 0 unspecified atom stereocenters. The van der Waals surface area contributed by atoms with Crippen LogP contribution in [0.3, 0.4) is 0 Å². The summed E-state index contributed by atoms with van der Waals surface area (Å²) in [5.41, 5.74) is 1.49. The predicted octanol–water partition coefficient (Wildman–Crippen LogP) is 3.08. The van der Waals surface area contributed by atoms with Crippen molar-refractivity contribution in [2.45, 2.75) is 38.4 Å². The number of hydrogen-bond acceptors (Lipinski definition) is 4. The fourth-order valence-electron chi connectivity index (χ4n) is 2.13. The van der Waals surface area contributed by atoms with Crippen LogP contribution in [0, 0.1) is 6.92 Å². The first-order valence-corrected chi connectivity index (χ1v) is 8.22. The molecule has 1 amide bonds. The fraction of sp³-hybridized carbons (Fsp3) is 0.600. The van der Waals surface area contributed by atoms with E-state index in [1.165, 1.54) is 0 Å². The van der Waals surface area contributed by atoms with E-state index >= 15 is 0 Å². The van der Waals surface area contributed by atoms with Gasteiger partial charge in [-0.3, -0.25) is 4.79 Å². The Morgan fingerprint density at radius 2 is 2.00 bits per heavy atom. The zero-order valence-corrected chi connectivity index (χ0v) is 13.9. The van der Waals surface area contributed by atoms with Crippen LogP contribution in [0.4, 0.5) is 5.82 Å². The van der Waals surface area contributed by atoms with Gasteiger partial charge in [-0.2, -0.15) is 11.8 Å². The number of thioether (sulfide) groups is 1. The van der Waals surface area contributed by atoms with Crippen LogP contribution in [0.2, 0.25) is 0 Å².